The van der Waals surface area contributed by atoms with Gasteiger partial charge in [-0.25, -0.2) is 9.18 Å². The molecule has 0 radical (unpaired) electrons. The molecular weight excluding hydrogens is 275 g/mol. The number of carbonyl (C=O) groups is 2. The second-order valence-electron chi connectivity index (χ2n) is 4.97. The first-order chi connectivity index (χ1) is 10.1. The summed E-state index contributed by atoms with van der Waals surface area (Å²) >= 11 is 0. The second kappa shape index (κ2) is 7.01. The molecule has 1 aliphatic heterocycles. The maximum absolute atomic E-state index is 12.7. The van der Waals surface area contributed by atoms with Gasteiger partial charge in [-0.2, -0.15) is 0 Å². The van der Waals surface area contributed by atoms with Gasteiger partial charge >= 0.3 is 6.03 Å². The molecule has 1 fully saturated rings. The number of rotatable bonds is 2. The Balaban J connectivity index is 1.83. The summed E-state index contributed by atoms with van der Waals surface area (Å²) in [5.74, 6) is -0.366. The van der Waals surface area contributed by atoms with Crippen molar-refractivity contribution in [3.8, 4) is 0 Å². The van der Waals surface area contributed by atoms with Gasteiger partial charge in [-0.15, -0.1) is 0 Å². The highest BCUT2D eigenvalue weighted by Gasteiger charge is 2.19. The van der Waals surface area contributed by atoms with Gasteiger partial charge in [0.15, 0.2) is 0 Å². The lowest BCUT2D eigenvalue weighted by Gasteiger charge is -2.21. The summed E-state index contributed by atoms with van der Waals surface area (Å²) in [6.45, 7) is 4.16. The molecule has 3 amide bonds. The van der Waals surface area contributed by atoms with Crippen LogP contribution in [-0.2, 0) is 11.3 Å². The lowest BCUT2D eigenvalue weighted by Crippen LogP contribution is -2.42. The Kier molecular flexibility index (Phi) is 5.08. The molecule has 0 unspecified atom stereocenters. The summed E-state index contributed by atoms with van der Waals surface area (Å²) in [5.41, 5.74) is 0.602. The van der Waals surface area contributed by atoms with Gasteiger partial charge in [0.1, 0.15) is 5.82 Å². The Bertz CT molecular complexity index is 506. The molecule has 0 atom stereocenters. The Labute approximate surface area is 122 Å². The van der Waals surface area contributed by atoms with Crippen molar-refractivity contribution in [3.05, 3.63) is 29.8 Å². The van der Waals surface area contributed by atoms with Crippen LogP contribution in [-0.4, -0.2) is 52.9 Å². The molecule has 21 heavy (non-hydrogen) atoms. The number of halogens is 1. The number of nitrogens with one attached hydrogen (secondary N) is 1. The van der Waals surface area contributed by atoms with E-state index >= 15 is 0 Å². The Morgan fingerprint density at radius 1 is 1.24 bits per heavy atom. The summed E-state index contributed by atoms with van der Waals surface area (Å²) in [4.78, 5) is 30.7. The Hall–Kier alpha value is -2.18. The van der Waals surface area contributed by atoms with Crippen molar-refractivity contribution in [2.75, 3.05) is 26.2 Å². The maximum Gasteiger partial charge on any atom is 0.317 e. The molecule has 0 saturated carbocycles. The van der Waals surface area contributed by atoms with E-state index in [4.69, 9.17) is 0 Å². The summed E-state index contributed by atoms with van der Waals surface area (Å²) < 4.78 is 12.7. The predicted molar refractivity (Wildman–Crippen MR) is 74.9 cm³/mol. The summed E-state index contributed by atoms with van der Waals surface area (Å²) in [7, 11) is 0. The molecule has 2 heterocycles. The third-order valence-electron chi connectivity index (χ3n) is 3.44. The fourth-order valence-electron chi connectivity index (χ4n) is 2.22. The molecule has 114 valence electrons. The van der Waals surface area contributed by atoms with Gasteiger partial charge in [-0.05, 0) is 18.6 Å². The first kappa shape index (κ1) is 15.2. The molecule has 1 aromatic heterocycles. The van der Waals surface area contributed by atoms with E-state index in [1.165, 1.54) is 19.1 Å². The van der Waals surface area contributed by atoms with E-state index in [-0.39, 0.29) is 18.5 Å². The van der Waals surface area contributed by atoms with Crippen molar-refractivity contribution in [1.82, 2.24) is 20.1 Å². The van der Waals surface area contributed by atoms with Crippen molar-refractivity contribution in [3.63, 3.8) is 0 Å². The van der Waals surface area contributed by atoms with E-state index in [1.807, 2.05) is 0 Å². The van der Waals surface area contributed by atoms with Crippen LogP contribution in [0.2, 0.25) is 0 Å². The standard InChI is InChI=1S/C14H19FN4O2/c1-11(20)18-5-2-6-19(8-7-18)14(21)17-10-13-4-3-12(15)9-16-13/h3-4,9H,2,5-8,10H2,1H3,(H,17,21). The van der Waals surface area contributed by atoms with Crippen LogP contribution in [0.3, 0.4) is 0 Å². The monoisotopic (exact) mass is 294 g/mol. The molecule has 1 aliphatic rings. The van der Waals surface area contributed by atoms with Crippen LogP contribution in [0.25, 0.3) is 0 Å². The number of urea groups is 1. The van der Waals surface area contributed by atoms with Gasteiger partial charge in [-0.1, -0.05) is 0 Å². The van der Waals surface area contributed by atoms with Crippen LogP contribution in [0.15, 0.2) is 18.3 Å². The van der Waals surface area contributed by atoms with Gasteiger partial charge in [0, 0.05) is 33.1 Å². The number of amides is 3. The van der Waals surface area contributed by atoms with Crippen LogP contribution in [0.4, 0.5) is 9.18 Å². The zero-order chi connectivity index (χ0) is 15.2. The minimum absolute atomic E-state index is 0.0350. The molecule has 0 spiro atoms. The first-order valence-electron chi connectivity index (χ1n) is 6.95. The van der Waals surface area contributed by atoms with Crippen LogP contribution in [0, 0.1) is 5.82 Å². The fourth-order valence-corrected chi connectivity index (χ4v) is 2.22. The molecular formula is C14H19FN4O2. The van der Waals surface area contributed by atoms with Crippen molar-refractivity contribution in [1.29, 1.82) is 0 Å². The van der Waals surface area contributed by atoms with E-state index < -0.39 is 5.82 Å². The van der Waals surface area contributed by atoms with Crippen molar-refractivity contribution in [2.24, 2.45) is 0 Å². The second-order valence-corrected chi connectivity index (χ2v) is 4.97. The highest BCUT2D eigenvalue weighted by atomic mass is 19.1. The molecule has 1 N–H and O–H groups in total. The average Bonchev–Trinajstić information content (AvgIpc) is 2.72. The number of hydrogen-bond acceptors (Lipinski definition) is 3. The van der Waals surface area contributed by atoms with E-state index in [0.29, 0.717) is 31.9 Å². The van der Waals surface area contributed by atoms with Gasteiger partial charge in [0.25, 0.3) is 0 Å². The topological polar surface area (TPSA) is 65.5 Å². The third kappa shape index (κ3) is 4.40. The molecule has 2 rings (SSSR count). The summed E-state index contributed by atoms with van der Waals surface area (Å²) in [6, 6.07) is 2.66. The highest BCUT2D eigenvalue weighted by molar-refractivity contribution is 5.75. The van der Waals surface area contributed by atoms with Crippen LogP contribution in [0.1, 0.15) is 19.0 Å². The SMILES string of the molecule is CC(=O)N1CCCN(C(=O)NCc2ccc(F)cn2)CC1. The molecule has 7 heteroatoms. The summed E-state index contributed by atoms with van der Waals surface area (Å²) in [6.07, 6.45) is 1.89. The quantitative estimate of drug-likeness (QED) is 0.884. The lowest BCUT2D eigenvalue weighted by molar-refractivity contribution is -0.128. The average molecular weight is 294 g/mol. The smallest absolute Gasteiger partial charge is 0.317 e. The molecule has 0 aliphatic carbocycles. The molecule has 1 aromatic rings. The third-order valence-corrected chi connectivity index (χ3v) is 3.44. The van der Waals surface area contributed by atoms with Crippen LogP contribution < -0.4 is 5.32 Å². The number of aromatic nitrogens is 1. The van der Waals surface area contributed by atoms with Crippen molar-refractivity contribution in [2.45, 2.75) is 19.9 Å². The minimum Gasteiger partial charge on any atom is -0.341 e. The van der Waals surface area contributed by atoms with Gasteiger partial charge in [-0.3, -0.25) is 9.78 Å². The maximum atomic E-state index is 12.7. The number of hydrogen-bond donors (Lipinski definition) is 1. The Morgan fingerprint density at radius 2 is 1.95 bits per heavy atom. The normalized spacial score (nSPS) is 15.5. The first-order valence-corrected chi connectivity index (χ1v) is 6.95. The zero-order valence-electron chi connectivity index (χ0n) is 12.0. The zero-order valence-corrected chi connectivity index (χ0v) is 12.0. The van der Waals surface area contributed by atoms with Crippen molar-refractivity contribution < 1.29 is 14.0 Å². The molecule has 0 bridgehead atoms. The minimum atomic E-state index is -0.401. The number of pyridine rings is 1. The highest BCUT2D eigenvalue weighted by Crippen LogP contribution is 2.04. The fraction of sp³-hybridized carbons (Fsp3) is 0.500. The molecule has 6 nitrogen and oxygen atoms in total. The van der Waals surface area contributed by atoms with Crippen LogP contribution >= 0.6 is 0 Å². The van der Waals surface area contributed by atoms with Crippen LogP contribution in [0.5, 0.6) is 0 Å². The summed E-state index contributed by atoms with van der Waals surface area (Å²) in [5, 5.41) is 2.76. The van der Waals surface area contributed by atoms with Gasteiger partial charge in [0.05, 0.1) is 18.4 Å². The number of nitrogens with zero attached hydrogens (tertiary/aromatic N) is 3. The molecule has 1 saturated heterocycles. The van der Waals surface area contributed by atoms with Crippen molar-refractivity contribution >= 4 is 11.9 Å². The molecule has 0 aromatic carbocycles. The van der Waals surface area contributed by atoms with E-state index in [0.717, 1.165) is 12.6 Å². The van der Waals surface area contributed by atoms with E-state index in [2.05, 4.69) is 10.3 Å². The number of carbonyl (C=O) groups excluding carboxylic acids is 2. The lowest BCUT2D eigenvalue weighted by atomic mass is 10.3. The van der Waals surface area contributed by atoms with E-state index in [9.17, 15) is 14.0 Å². The Morgan fingerprint density at radius 3 is 2.62 bits per heavy atom. The largest absolute Gasteiger partial charge is 0.341 e. The van der Waals surface area contributed by atoms with Gasteiger partial charge in [0.2, 0.25) is 5.91 Å². The van der Waals surface area contributed by atoms with Gasteiger partial charge < -0.3 is 15.1 Å². The van der Waals surface area contributed by atoms with E-state index in [1.54, 1.807) is 9.80 Å². The predicted octanol–water partition coefficient (Wildman–Crippen LogP) is 0.984.